The first-order valence-corrected chi connectivity index (χ1v) is 11.4. The molecule has 0 spiro atoms. The first kappa shape index (κ1) is 21.8. The van der Waals surface area contributed by atoms with Gasteiger partial charge in [0.15, 0.2) is 11.5 Å². The fourth-order valence-corrected chi connectivity index (χ4v) is 4.83. The van der Waals surface area contributed by atoms with E-state index in [1.807, 2.05) is 50.2 Å². The van der Waals surface area contributed by atoms with E-state index in [2.05, 4.69) is 9.88 Å². The largest absolute Gasteiger partial charge is 0.454 e. The Morgan fingerprint density at radius 1 is 1.06 bits per heavy atom. The van der Waals surface area contributed by atoms with Crippen LogP contribution in [0.5, 0.6) is 11.5 Å². The number of nitrogens with one attached hydrogen (secondary N) is 1. The molecule has 3 heterocycles. The molecular weight excluding hydrogens is 454 g/mol. The van der Waals surface area contributed by atoms with Crippen molar-refractivity contribution < 1.29 is 23.9 Å². The van der Waals surface area contributed by atoms with Gasteiger partial charge in [-0.15, -0.1) is 0 Å². The highest BCUT2D eigenvalue weighted by molar-refractivity contribution is 8.18. The molecule has 3 amide bonds. The maximum atomic E-state index is 12.9. The van der Waals surface area contributed by atoms with Crippen LogP contribution in [-0.4, -0.2) is 39.9 Å². The van der Waals surface area contributed by atoms with Gasteiger partial charge in [0.25, 0.3) is 11.1 Å². The van der Waals surface area contributed by atoms with Crippen molar-refractivity contribution in [3.8, 4) is 17.2 Å². The number of imide groups is 1. The molecule has 0 saturated carbocycles. The number of rotatable bonds is 5. The van der Waals surface area contributed by atoms with Gasteiger partial charge in [-0.3, -0.25) is 19.3 Å². The summed E-state index contributed by atoms with van der Waals surface area (Å²) in [5.74, 6) is 0.158. The van der Waals surface area contributed by atoms with E-state index >= 15 is 0 Å². The molecule has 0 radical (unpaired) electrons. The number of anilines is 1. The number of carbonyl (C=O) groups excluding carboxylic acids is 3. The molecule has 1 N–H and O–H groups in total. The Balaban J connectivity index is 1.31. The molecule has 1 fully saturated rings. The molecular formula is C25H21N3O5S. The lowest BCUT2D eigenvalue weighted by Crippen LogP contribution is -2.36. The fraction of sp³-hybridized carbons (Fsp3) is 0.160. The zero-order valence-corrected chi connectivity index (χ0v) is 19.3. The Morgan fingerprint density at radius 3 is 2.62 bits per heavy atom. The van der Waals surface area contributed by atoms with E-state index in [-0.39, 0.29) is 18.2 Å². The molecule has 0 atom stereocenters. The highest BCUT2D eigenvalue weighted by atomic mass is 32.2. The second kappa shape index (κ2) is 8.75. The Hall–Kier alpha value is -3.98. The van der Waals surface area contributed by atoms with Crippen molar-refractivity contribution in [1.82, 2.24) is 9.47 Å². The first-order valence-electron chi connectivity index (χ1n) is 10.6. The van der Waals surface area contributed by atoms with E-state index < -0.39 is 17.1 Å². The van der Waals surface area contributed by atoms with Crippen LogP contribution in [0.25, 0.3) is 11.8 Å². The van der Waals surface area contributed by atoms with Crippen molar-refractivity contribution in [2.24, 2.45) is 0 Å². The van der Waals surface area contributed by atoms with Gasteiger partial charge in [0, 0.05) is 28.8 Å². The maximum absolute atomic E-state index is 12.9. The fourth-order valence-electron chi connectivity index (χ4n) is 4.00. The molecule has 34 heavy (non-hydrogen) atoms. The molecule has 1 aromatic heterocycles. The van der Waals surface area contributed by atoms with Crippen LogP contribution in [0.4, 0.5) is 10.5 Å². The minimum atomic E-state index is -0.486. The van der Waals surface area contributed by atoms with Gasteiger partial charge in [-0.2, -0.15) is 0 Å². The minimum Gasteiger partial charge on any atom is -0.454 e. The number of nitrogens with zero attached hydrogens (tertiary/aromatic N) is 2. The zero-order valence-electron chi connectivity index (χ0n) is 18.5. The molecule has 8 nitrogen and oxygen atoms in total. The molecule has 1 saturated heterocycles. The van der Waals surface area contributed by atoms with Crippen LogP contribution in [0.15, 0.2) is 59.5 Å². The van der Waals surface area contributed by atoms with Crippen LogP contribution in [0, 0.1) is 13.8 Å². The van der Waals surface area contributed by atoms with Gasteiger partial charge < -0.3 is 19.4 Å². The van der Waals surface area contributed by atoms with E-state index in [1.54, 1.807) is 24.3 Å². The number of benzene rings is 2. The quantitative estimate of drug-likeness (QED) is 0.547. The van der Waals surface area contributed by atoms with Crippen LogP contribution in [0.3, 0.4) is 0 Å². The molecule has 9 heteroatoms. The number of hydrogen-bond acceptors (Lipinski definition) is 6. The Bertz CT molecular complexity index is 1350. The van der Waals surface area contributed by atoms with E-state index in [1.165, 1.54) is 0 Å². The van der Waals surface area contributed by atoms with E-state index in [9.17, 15) is 14.4 Å². The molecule has 0 aliphatic carbocycles. The van der Waals surface area contributed by atoms with E-state index in [4.69, 9.17) is 9.47 Å². The normalized spacial score (nSPS) is 15.9. The second-order valence-corrected chi connectivity index (χ2v) is 8.87. The number of aromatic nitrogens is 1. The molecule has 0 bridgehead atoms. The van der Waals surface area contributed by atoms with Gasteiger partial charge in [0.05, 0.1) is 4.91 Å². The topological polar surface area (TPSA) is 89.9 Å². The smallest absolute Gasteiger partial charge is 0.294 e. The summed E-state index contributed by atoms with van der Waals surface area (Å²) in [4.78, 5) is 39.2. The van der Waals surface area contributed by atoms with Crippen LogP contribution >= 0.6 is 11.8 Å². The van der Waals surface area contributed by atoms with E-state index in [0.29, 0.717) is 17.2 Å². The van der Waals surface area contributed by atoms with Gasteiger partial charge in [0.2, 0.25) is 12.7 Å². The number of para-hydroxylation sites is 1. The van der Waals surface area contributed by atoms with Gasteiger partial charge >= 0.3 is 0 Å². The molecule has 0 unspecified atom stereocenters. The highest BCUT2D eigenvalue weighted by Crippen LogP contribution is 2.35. The average Bonchev–Trinajstić information content (AvgIpc) is 3.47. The molecule has 5 rings (SSSR count). The van der Waals surface area contributed by atoms with Crippen molar-refractivity contribution >= 4 is 40.6 Å². The summed E-state index contributed by atoms with van der Waals surface area (Å²) in [5.41, 5.74) is 4.32. The molecule has 2 aliphatic heterocycles. The third-order valence-electron chi connectivity index (χ3n) is 5.60. The number of fused-ring (bicyclic) bond motifs is 1. The Morgan fingerprint density at radius 2 is 1.82 bits per heavy atom. The standard InChI is InChI=1S/C25H21N3O5S/c1-15-10-17(16(2)28(15)19-6-4-3-5-7-19)11-22-24(30)27(25(31)34-22)13-23(29)26-18-8-9-20-21(12-18)33-14-32-20/h3-12H,13-14H2,1-2H3,(H,26,29). The van der Waals surface area contributed by atoms with Gasteiger partial charge in [-0.1, -0.05) is 18.2 Å². The number of carbonyl (C=O) groups is 3. The summed E-state index contributed by atoms with van der Waals surface area (Å²) in [6.07, 6.45) is 1.71. The maximum Gasteiger partial charge on any atom is 0.294 e. The summed E-state index contributed by atoms with van der Waals surface area (Å²) in [5, 5.41) is 2.21. The number of amides is 3. The van der Waals surface area contributed by atoms with Crippen LogP contribution in [-0.2, 0) is 9.59 Å². The van der Waals surface area contributed by atoms with Crippen molar-refractivity contribution in [1.29, 1.82) is 0 Å². The second-order valence-electron chi connectivity index (χ2n) is 7.88. The SMILES string of the molecule is Cc1cc(C=C2SC(=O)N(CC(=O)Nc3ccc4c(c3)OCO4)C2=O)c(C)n1-c1ccccc1. The number of hydrogen-bond donors (Lipinski definition) is 1. The lowest BCUT2D eigenvalue weighted by molar-refractivity contribution is -0.127. The Labute approximate surface area is 200 Å². The van der Waals surface area contributed by atoms with Gasteiger partial charge in [-0.05, 0) is 67.6 Å². The van der Waals surface area contributed by atoms with Crippen LogP contribution in [0.2, 0.25) is 0 Å². The molecule has 3 aromatic rings. The highest BCUT2D eigenvalue weighted by Gasteiger charge is 2.36. The van der Waals surface area contributed by atoms with E-state index in [0.717, 1.165) is 39.3 Å². The minimum absolute atomic E-state index is 0.129. The summed E-state index contributed by atoms with van der Waals surface area (Å²) in [6, 6.07) is 16.9. The zero-order chi connectivity index (χ0) is 23.8. The third kappa shape index (κ3) is 4.06. The van der Waals surface area contributed by atoms with Crippen molar-refractivity contribution in [2.45, 2.75) is 13.8 Å². The number of thioether (sulfide) groups is 1. The molecule has 2 aliphatic rings. The van der Waals surface area contributed by atoms with Gasteiger partial charge in [0.1, 0.15) is 6.54 Å². The lowest BCUT2D eigenvalue weighted by Gasteiger charge is -2.12. The monoisotopic (exact) mass is 475 g/mol. The van der Waals surface area contributed by atoms with Crippen LogP contribution < -0.4 is 14.8 Å². The van der Waals surface area contributed by atoms with Gasteiger partial charge in [-0.25, -0.2) is 0 Å². The molecule has 2 aromatic carbocycles. The lowest BCUT2D eigenvalue weighted by atomic mass is 10.2. The van der Waals surface area contributed by atoms with Crippen molar-refractivity contribution in [2.75, 3.05) is 18.7 Å². The number of ether oxygens (including phenoxy) is 2. The first-order chi connectivity index (χ1) is 16.4. The number of aryl methyl sites for hydroxylation is 1. The summed E-state index contributed by atoms with van der Waals surface area (Å²) >= 11 is 0.834. The predicted molar refractivity (Wildman–Crippen MR) is 129 cm³/mol. The average molecular weight is 476 g/mol. The molecule has 172 valence electrons. The summed E-state index contributed by atoms with van der Waals surface area (Å²) in [7, 11) is 0. The van der Waals surface area contributed by atoms with Crippen LogP contribution in [0.1, 0.15) is 17.0 Å². The Kier molecular flexibility index (Phi) is 5.62. The summed E-state index contributed by atoms with van der Waals surface area (Å²) < 4.78 is 12.6. The summed E-state index contributed by atoms with van der Waals surface area (Å²) in [6.45, 7) is 3.71. The predicted octanol–water partition coefficient (Wildman–Crippen LogP) is 4.50. The van der Waals surface area contributed by atoms with Crippen molar-refractivity contribution in [3.05, 3.63) is 76.5 Å². The van der Waals surface area contributed by atoms with Crippen molar-refractivity contribution in [3.63, 3.8) is 0 Å². The third-order valence-corrected chi connectivity index (χ3v) is 6.51.